The van der Waals surface area contributed by atoms with Gasteiger partial charge in [-0.05, 0) is 27.2 Å². The Morgan fingerprint density at radius 1 is 1.50 bits per heavy atom. The Morgan fingerprint density at radius 3 is 2.67 bits per heavy atom. The molecule has 1 unspecified atom stereocenters. The Balaban J connectivity index is 2.38. The Morgan fingerprint density at radius 2 is 2.17 bits per heavy atom. The highest BCUT2D eigenvalue weighted by atomic mass is 35.5. The Hall–Kier alpha value is -0.970. The molecule has 18 heavy (non-hydrogen) atoms. The summed E-state index contributed by atoms with van der Waals surface area (Å²) in [4.78, 5) is 25.2. The number of rotatable bonds is 4. The zero-order chi connectivity index (χ0) is 13.8. The van der Waals surface area contributed by atoms with Crippen molar-refractivity contribution < 1.29 is 9.59 Å². The number of carbonyl (C=O) groups is 2. The van der Waals surface area contributed by atoms with E-state index in [-0.39, 0.29) is 23.5 Å². The number of hydrogen-bond donors (Lipinski definition) is 2. The van der Waals surface area contributed by atoms with Gasteiger partial charge in [0.15, 0.2) is 0 Å². The lowest BCUT2D eigenvalue weighted by Gasteiger charge is -2.32. The molecule has 1 heterocycles. The topological polar surface area (TPSA) is 61.4 Å². The number of alkyl halides is 1. The van der Waals surface area contributed by atoms with Crippen LogP contribution >= 0.6 is 11.6 Å². The molecular weight excluding hydrogens is 254 g/mol. The second kappa shape index (κ2) is 6.27. The quantitative estimate of drug-likeness (QED) is 0.600. The van der Waals surface area contributed by atoms with Crippen LogP contribution in [-0.4, -0.2) is 47.4 Å². The van der Waals surface area contributed by atoms with Crippen molar-refractivity contribution in [2.24, 2.45) is 0 Å². The standard InChI is InChI=1S/C12H22ClN3O2/c1-12(2,3)16-8-9(7-10(16)17)15-11(18)14-6-4-5-13/h9H,4-8H2,1-3H3,(H2,14,15,18). The molecule has 104 valence electrons. The zero-order valence-corrected chi connectivity index (χ0v) is 12.0. The van der Waals surface area contributed by atoms with E-state index in [0.29, 0.717) is 25.4 Å². The van der Waals surface area contributed by atoms with Gasteiger partial charge in [-0.3, -0.25) is 4.79 Å². The summed E-state index contributed by atoms with van der Waals surface area (Å²) in [5.41, 5.74) is -0.192. The summed E-state index contributed by atoms with van der Waals surface area (Å²) in [6.07, 6.45) is 1.12. The van der Waals surface area contributed by atoms with Crippen LogP contribution in [0.3, 0.4) is 0 Å². The average Bonchev–Trinajstić information content (AvgIpc) is 2.59. The van der Waals surface area contributed by atoms with E-state index >= 15 is 0 Å². The van der Waals surface area contributed by atoms with Crippen molar-refractivity contribution in [3.05, 3.63) is 0 Å². The maximum Gasteiger partial charge on any atom is 0.315 e. The molecule has 0 spiro atoms. The van der Waals surface area contributed by atoms with Crippen LogP contribution in [0.2, 0.25) is 0 Å². The van der Waals surface area contributed by atoms with Crippen molar-refractivity contribution >= 4 is 23.5 Å². The summed E-state index contributed by atoms with van der Waals surface area (Å²) in [5, 5.41) is 5.53. The normalized spacial score (nSPS) is 20.1. The number of halogens is 1. The lowest BCUT2D eigenvalue weighted by molar-refractivity contribution is -0.131. The summed E-state index contributed by atoms with van der Waals surface area (Å²) in [6, 6.07) is -0.332. The summed E-state index contributed by atoms with van der Waals surface area (Å²) >= 11 is 5.52. The molecule has 0 bridgehead atoms. The predicted octanol–water partition coefficient (Wildman–Crippen LogP) is 1.31. The molecule has 6 heteroatoms. The van der Waals surface area contributed by atoms with Crippen molar-refractivity contribution in [3.63, 3.8) is 0 Å². The number of nitrogens with zero attached hydrogens (tertiary/aromatic N) is 1. The van der Waals surface area contributed by atoms with Gasteiger partial charge >= 0.3 is 6.03 Å². The molecule has 1 fully saturated rings. The molecule has 2 N–H and O–H groups in total. The molecule has 1 saturated heterocycles. The average molecular weight is 276 g/mol. The Bertz CT molecular complexity index is 315. The number of hydrogen-bond acceptors (Lipinski definition) is 2. The Kier molecular flexibility index (Phi) is 5.26. The van der Waals surface area contributed by atoms with Crippen LogP contribution in [0.15, 0.2) is 0 Å². The second-order valence-electron chi connectivity index (χ2n) is 5.52. The molecule has 1 rings (SSSR count). The van der Waals surface area contributed by atoms with Crippen LogP contribution in [-0.2, 0) is 4.79 Å². The first-order valence-corrected chi connectivity index (χ1v) is 6.79. The van der Waals surface area contributed by atoms with E-state index in [1.807, 2.05) is 20.8 Å². The molecule has 5 nitrogen and oxygen atoms in total. The summed E-state index contributed by atoms with van der Waals surface area (Å²) in [7, 11) is 0. The molecule has 1 aliphatic heterocycles. The van der Waals surface area contributed by atoms with Crippen molar-refractivity contribution in [2.45, 2.75) is 45.2 Å². The van der Waals surface area contributed by atoms with Crippen molar-refractivity contribution in [3.8, 4) is 0 Å². The third-order valence-corrected chi connectivity index (χ3v) is 3.13. The molecule has 0 aliphatic carbocycles. The predicted molar refractivity (Wildman–Crippen MR) is 71.7 cm³/mol. The fourth-order valence-electron chi connectivity index (χ4n) is 1.96. The monoisotopic (exact) mass is 275 g/mol. The first kappa shape index (κ1) is 15.1. The van der Waals surface area contributed by atoms with Gasteiger partial charge in [0.1, 0.15) is 0 Å². The van der Waals surface area contributed by atoms with Crippen LogP contribution in [0.4, 0.5) is 4.79 Å². The molecule has 0 radical (unpaired) electrons. The van der Waals surface area contributed by atoms with Crippen LogP contribution in [0.5, 0.6) is 0 Å². The molecule has 0 aromatic rings. The minimum absolute atomic E-state index is 0.0913. The first-order valence-electron chi connectivity index (χ1n) is 6.25. The highest BCUT2D eigenvalue weighted by Gasteiger charge is 2.36. The number of nitrogens with one attached hydrogen (secondary N) is 2. The minimum Gasteiger partial charge on any atom is -0.338 e. The SMILES string of the molecule is CC(C)(C)N1CC(NC(=O)NCCCCl)CC1=O. The number of carbonyl (C=O) groups excluding carboxylic acids is 2. The molecule has 1 atom stereocenters. The summed E-state index contributed by atoms with van der Waals surface area (Å²) in [5.74, 6) is 0.619. The van der Waals surface area contributed by atoms with Gasteiger partial charge in [-0.25, -0.2) is 4.79 Å². The molecular formula is C12H22ClN3O2. The van der Waals surface area contributed by atoms with E-state index in [4.69, 9.17) is 11.6 Å². The zero-order valence-electron chi connectivity index (χ0n) is 11.3. The van der Waals surface area contributed by atoms with Gasteiger partial charge in [-0.1, -0.05) is 0 Å². The molecule has 0 saturated carbocycles. The number of urea groups is 1. The van der Waals surface area contributed by atoms with Gasteiger partial charge < -0.3 is 15.5 Å². The summed E-state index contributed by atoms with van der Waals surface area (Å²) in [6.45, 7) is 7.11. The third-order valence-electron chi connectivity index (χ3n) is 2.87. The van der Waals surface area contributed by atoms with Gasteiger partial charge in [0, 0.05) is 30.9 Å². The summed E-state index contributed by atoms with van der Waals surface area (Å²) < 4.78 is 0. The molecule has 0 aromatic heterocycles. The van der Waals surface area contributed by atoms with E-state index < -0.39 is 0 Å². The fraction of sp³-hybridized carbons (Fsp3) is 0.833. The number of likely N-dealkylation sites (tertiary alicyclic amines) is 1. The fourth-order valence-corrected chi connectivity index (χ4v) is 2.09. The first-order chi connectivity index (χ1) is 8.34. The van der Waals surface area contributed by atoms with Gasteiger partial charge in [0.05, 0.1) is 6.04 Å². The maximum absolute atomic E-state index is 11.8. The van der Waals surface area contributed by atoms with Crippen molar-refractivity contribution in [1.82, 2.24) is 15.5 Å². The van der Waals surface area contributed by atoms with E-state index in [0.717, 1.165) is 6.42 Å². The van der Waals surface area contributed by atoms with Gasteiger partial charge in [-0.15, -0.1) is 11.6 Å². The lowest BCUT2D eigenvalue weighted by Crippen LogP contribution is -2.46. The maximum atomic E-state index is 11.8. The largest absolute Gasteiger partial charge is 0.338 e. The van der Waals surface area contributed by atoms with E-state index in [1.165, 1.54) is 0 Å². The van der Waals surface area contributed by atoms with E-state index in [1.54, 1.807) is 4.90 Å². The van der Waals surface area contributed by atoms with Crippen LogP contribution in [0, 0.1) is 0 Å². The minimum atomic E-state index is -0.228. The number of amides is 3. The van der Waals surface area contributed by atoms with Gasteiger partial charge in [0.2, 0.25) is 5.91 Å². The van der Waals surface area contributed by atoms with Crippen LogP contribution < -0.4 is 10.6 Å². The van der Waals surface area contributed by atoms with E-state index in [2.05, 4.69) is 10.6 Å². The van der Waals surface area contributed by atoms with Gasteiger partial charge in [0.25, 0.3) is 0 Å². The third kappa shape index (κ3) is 4.37. The van der Waals surface area contributed by atoms with Crippen LogP contribution in [0.25, 0.3) is 0 Å². The smallest absolute Gasteiger partial charge is 0.315 e. The highest BCUT2D eigenvalue weighted by molar-refractivity contribution is 6.17. The van der Waals surface area contributed by atoms with Crippen molar-refractivity contribution in [1.29, 1.82) is 0 Å². The van der Waals surface area contributed by atoms with Crippen LogP contribution in [0.1, 0.15) is 33.6 Å². The second-order valence-corrected chi connectivity index (χ2v) is 5.90. The molecule has 1 aliphatic rings. The highest BCUT2D eigenvalue weighted by Crippen LogP contribution is 2.21. The van der Waals surface area contributed by atoms with Crippen molar-refractivity contribution in [2.75, 3.05) is 19.0 Å². The lowest BCUT2D eigenvalue weighted by atomic mass is 10.1. The van der Waals surface area contributed by atoms with E-state index in [9.17, 15) is 9.59 Å². The van der Waals surface area contributed by atoms with Gasteiger partial charge in [-0.2, -0.15) is 0 Å². The molecule has 0 aromatic carbocycles. The Labute approximate surface area is 113 Å². The molecule has 3 amide bonds.